The molecular weight excluding hydrogens is 1380 g/mol. The summed E-state index contributed by atoms with van der Waals surface area (Å²) in [6.45, 7) is 0. The number of alkyl halides is 6. The Morgan fingerprint density at radius 3 is 0.925 bits per heavy atom. The van der Waals surface area contributed by atoms with Crippen LogP contribution in [-0.4, -0.2) is 12.7 Å². The fourth-order valence-electron chi connectivity index (χ4n) is 5.63. The van der Waals surface area contributed by atoms with Crippen molar-refractivity contribution in [2.24, 2.45) is 0 Å². The van der Waals surface area contributed by atoms with Gasteiger partial charge in [-0.1, -0.05) is 60.7 Å². The van der Waals surface area contributed by atoms with Gasteiger partial charge in [-0.2, -0.15) is 0 Å². The minimum atomic E-state index is -4.74. The van der Waals surface area contributed by atoms with Crippen molar-refractivity contribution in [3.8, 4) is 56.0 Å². The Hall–Kier alpha value is -1.12. The molecule has 0 aromatic heterocycles. The minimum Gasteiger partial charge on any atom is -0.405 e. The number of rotatable bonds is 8. The van der Waals surface area contributed by atoms with Gasteiger partial charge in [-0.05, 0) is 246 Å². The van der Waals surface area contributed by atoms with E-state index >= 15 is 0 Å². The van der Waals surface area contributed by atoms with Crippen LogP contribution in [0.25, 0.3) is 44.5 Å². The summed E-state index contributed by atoms with van der Waals surface area (Å²) in [7, 11) is 0. The quantitative estimate of drug-likeness (QED) is 0.112. The van der Waals surface area contributed by atoms with Crippen molar-refractivity contribution in [2.75, 3.05) is 0 Å². The largest absolute Gasteiger partial charge is 0.573 e. The fourth-order valence-corrected chi connectivity index (χ4v) is 10.3. The second-order valence-corrected chi connectivity index (χ2v) is 18.6. The molecule has 0 atom stereocenters. The number of hydrogen-bond donors (Lipinski definition) is 0. The first kappa shape index (κ1) is 41.5. The van der Waals surface area contributed by atoms with E-state index in [9.17, 15) is 26.3 Å². The van der Waals surface area contributed by atoms with Crippen LogP contribution < -0.4 is 9.47 Å². The van der Waals surface area contributed by atoms with Gasteiger partial charge in [0.1, 0.15) is 11.5 Å². The molecule has 0 radical (unpaired) electrons. The molecule has 0 saturated heterocycles. The zero-order chi connectivity index (χ0) is 38.2. The Morgan fingerprint density at radius 2 is 0.642 bits per heavy atom. The first-order valence-corrected chi connectivity index (χ1v) is 21.7. The van der Waals surface area contributed by atoms with Crippen LogP contribution in [-0.2, 0) is 6.42 Å². The Labute approximate surface area is 383 Å². The molecule has 0 spiro atoms. The summed E-state index contributed by atoms with van der Waals surface area (Å²) >= 11 is 12.9. The third-order valence-electron chi connectivity index (χ3n) is 7.97. The summed E-state index contributed by atoms with van der Waals surface area (Å²) < 4.78 is 89.5. The fraction of sp³-hybridized carbons (Fsp3) is 0.0769. The first-order chi connectivity index (χ1) is 24.9. The van der Waals surface area contributed by atoms with Gasteiger partial charge in [0.15, 0.2) is 0 Å². The van der Waals surface area contributed by atoms with Gasteiger partial charge in [0.05, 0.1) is 7.14 Å². The summed E-state index contributed by atoms with van der Waals surface area (Å²) in [6.07, 6.45) is -8.74. The summed E-state index contributed by atoms with van der Waals surface area (Å²) in [5.41, 5.74) is 10.1. The maximum Gasteiger partial charge on any atom is 0.573 e. The van der Waals surface area contributed by atoms with Crippen molar-refractivity contribution >= 4 is 136 Å². The highest BCUT2D eigenvalue weighted by atomic mass is 127. The highest BCUT2D eigenvalue weighted by Gasteiger charge is 2.33. The lowest BCUT2D eigenvalue weighted by molar-refractivity contribution is -0.276. The molecule has 0 amide bonds. The molecule has 0 saturated carbocycles. The minimum absolute atomic E-state index is 0.223. The van der Waals surface area contributed by atoms with E-state index in [-0.39, 0.29) is 11.5 Å². The van der Waals surface area contributed by atoms with Crippen LogP contribution in [0.3, 0.4) is 0 Å². The molecule has 53 heavy (non-hydrogen) atoms. The molecule has 6 aromatic rings. The van der Waals surface area contributed by atoms with Gasteiger partial charge in [-0.3, -0.25) is 0 Å². The van der Waals surface area contributed by atoms with E-state index < -0.39 is 12.7 Å². The monoisotopic (exact) mass is 1400 g/mol. The van der Waals surface area contributed by atoms with E-state index in [1.807, 2.05) is 69.4 Å². The Morgan fingerprint density at radius 1 is 0.358 bits per heavy atom. The van der Waals surface area contributed by atoms with Crippen molar-refractivity contribution in [1.29, 1.82) is 0 Å². The van der Waals surface area contributed by atoms with Crippen LogP contribution in [0, 0.1) is 21.4 Å². The zero-order valence-electron chi connectivity index (χ0n) is 26.5. The third kappa shape index (κ3) is 10.6. The summed E-state index contributed by atoms with van der Waals surface area (Å²) in [4.78, 5) is 0. The van der Waals surface area contributed by atoms with E-state index in [0.29, 0.717) is 7.14 Å². The maximum atomic E-state index is 12.7. The third-order valence-corrected chi connectivity index (χ3v) is 13.2. The van der Waals surface area contributed by atoms with Crippen molar-refractivity contribution in [1.82, 2.24) is 0 Å². The van der Waals surface area contributed by atoms with E-state index in [4.69, 9.17) is 0 Å². The predicted molar refractivity (Wildman–Crippen MR) is 247 cm³/mol. The molecule has 14 heteroatoms. The van der Waals surface area contributed by atoms with E-state index in [1.54, 1.807) is 24.3 Å². The maximum absolute atomic E-state index is 12.7. The Bertz CT molecular complexity index is 2180. The highest BCUT2D eigenvalue weighted by Crippen LogP contribution is 2.38. The zero-order valence-corrected chi connectivity index (χ0v) is 39.4. The second kappa shape index (κ2) is 17.2. The van der Waals surface area contributed by atoms with Crippen LogP contribution in [0.2, 0.25) is 0 Å². The molecular formula is C39H20F6I6O2. The van der Waals surface area contributed by atoms with Crippen molar-refractivity contribution in [3.05, 3.63) is 142 Å². The lowest BCUT2D eigenvalue weighted by atomic mass is 9.96. The van der Waals surface area contributed by atoms with Crippen LogP contribution in [0.5, 0.6) is 11.5 Å². The van der Waals surface area contributed by atoms with E-state index in [0.717, 1.165) is 65.2 Å². The van der Waals surface area contributed by atoms with Gasteiger partial charge in [-0.15, -0.1) is 26.3 Å². The van der Waals surface area contributed by atoms with Gasteiger partial charge in [-0.25, -0.2) is 0 Å². The molecule has 0 N–H and O–H groups in total. The van der Waals surface area contributed by atoms with Crippen molar-refractivity contribution < 1.29 is 35.8 Å². The average molecular weight is 1400 g/mol. The second-order valence-electron chi connectivity index (χ2n) is 11.6. The van der Waals surface area contributed by atoms with Gasteiger partial charge in [0.25, 0.3) is 0 Å². The molecule has 272 valence electrons. The van der Waals surface area contributed by atoms with E-state index in [2.05, 4.69) is 148 Å². The van der Waals surface area contributed by atoms with Crippen molar-refractivity contribution in [3.63, 3.8) is 0 Å². The molecule has 2 nitrogen and oxygen atoms in total. The standard InChI is InChI=1S/C39H20F6I6O2/c40-38(41,42)52-36-11-5-24(18-34(36)50)28-9-3-22(16-32(28)48)26-7-1-20(14-30(26)46)13-21-2-8-27(31(47)15-21)23-4-10-29(33(49)17-23)25-6-12-37(35(51)19-25)53-39(43,44)45/h1-12,14-19H,13H2. The lowest BCUT2D eigenvalue weighted by Crippen LogP contribution is -2.17. The molecule has 6 rings (SSSR count). The van der Waals surface area contributed by atoms with Crippen LogP contribution in [0.1, 0.15) is 11.1 Å². The molecule has 0 heterocycles. The molecule has 0 bridgehead atoms. The first-order valence-electron chi connectivity index (χ1n) is 15.2. The summed E-state index contributed by atoms with van der Waals surface area (Å²) in [5, 5.41) is 0. The van der Waals surface area contributed by atoms with Crippen LogP contribution in [0.15, 0.2) is 109 Å². The highest BCUT2D eigenvalue weighted by molar-refractivity contribution is 14.1. The number of halogens is 12. The summed E-state index contributed by atoms with van der Waals surface area (Å²) in [5.74, 6) is -0.446. The predicted octanol–water partition coefficient (Wildman–Crippen LogP) is 15.4. The van der Waals surface area contributed by atoms with Gasteiger partial charge in [0, 0.05) is 14.3 Å². The Balaban J connectivity index is 1.16. The van der Waals surface area contributed by atoms with Gasteiger partial charge < -0.3 is 9.47 Å². The Kier molecular flexibility index (Phi) is 13.4. The molecule has 0 fully saturated rings. The van der Waals surface area contributed by atoms with Crippen LogP contribution in [0.4, 0.5) is 26.3 Å². The number of benzene rings is 6. The normalized spacial score (nSPS) is 11.8. The van der Waals surface area contributed by atoms with Crippen LogP contribution >= 0.6 is 136 Å². The van der Waals surface area contributed by atoms with Gasteiger partial charge in [0.2, 0.25) is 0 Å². The van der Waals surface area contributed by atoms with Crippen molar-refractivity contribution in [2.45, 2.75) is 19.1 Å². The molecule has 0 unspecified atom stereocenters. The van der Waals surface area contributed by atoms with Gasteiger partial charge >= 0.3 is 12.7 Å². The molecule has 6 aromatic carbocycles. The smallest absolute Gasteiger partial charge is 0.405 e. The molecule has 0 aliphatic carbocycles. The molecule has 0 aliphatic rings. The topological polar surface area (TPSA) is 18.5 Å². The lowest BCUT2D eigenvalue weighted by Gasteiger charge is -2.14. The number of hydrogen-bond acceptors (Lipinski definition) is 2. The average Bonchev–Trinajstić information content (AvgIpc) is 3.06. The summed E-state index contributed by atoms with van der Waals surface area (Å²) in [6, 6.07) is 34.4. The SMILES string of the molecule is FC(F)(F)Oc1ccc(-c2ccc(-c3ccc(Cc4ccc(-c5ccc(-c6ccc(OC(F)(F)F)c(I)c6)c(I)c5)c(I)c4)cc3I)cc2I)cc1I. The number of ether oxygens (including phenoxy) is 2. The molecule has 0 aliphatic heterocycles. The van der Waals surface area contributed by atoms with E-state index in [1.165, 1.54) is 23.3 Å².